The maximum Gasteiger partial charge on any atom is 0.170 e. The summed E-state index contributed by atoms with van der Waals surface area (Å²) < 4.78 is 20.5. The lowest BCUT2D eigenvalue weighted by molar-refractivity contribution is 0.489. The molecule has 0 atom stereocenters. The molecule has 1 aromatic carbocycles. The second-order valence-electron chi connectivity index (χ2n) is 5.17. The topological polar surface area (TPSA) is 25.2 Å². The van der Waals surface area contributed by atoms with Gasteiger partial charge >= 0.3 is 0 Å². The Morgan fingerprint density at radius 3 is 2.89 bits per heavy atom. The van der Waals surface area contributed by atoms with Crippen molar-refractivity contribution in [3.63, 3.8) is 0 Å². The van der Waals surface area contributed by atoms with Crippen LogP contribution in [-0.2, 0) is 13.0 Å². The first kappa shape index (κ1) is 13.1. The quantitative estimate of drug-likeness (QED) is 0.873. The van der Waals surface area contributed by atoms with Gasteiger partial charge in [-0.05, 0) is 31.4 Å². The third-order valence-corrected chi connectivity index (χ3v) is 3.98. The summed E-state index contributed by atoms with van der Waals surface area (Å²) in [6.07, 6.45) is 4.43. The van der Waals surface area contributed by atoms with Gasteiger partial charge in [0.1, 0.15) is 5.76 Å². The van der Waals surface area contributed by atoms with E-state index in [9.17, 15) is 4.39 Å². The number of rotatable bonds is 5. The Morgan fingerprint density at radius 1 is 1.42 bits per heavy atom. The highest BCUT2D eigenvalue weighted by molar-refractivity contribution is 9.10. The average Bonchev–Trinajstić information content (AvgIpc) is 3.13. The normalized spacial score (nSPS) is 15.3. The zero-order chi connectivity index (χ0) is 13.4. The van der Waals surface area contributed by atoms with Gasteiger partial charge in [0.15, 0.2) is 11.4 Å². The molecular formula is C15H17BrFNO. The fraction of sp³-hybridized carbons (Fsp3) is 0.467. The molecule has 2 nitrogen and oxygen atoms in total. The first-order valence-corrected chi connectivity index (χ1v) is 7.61. The van der Waals surface area contributed by atoms with E-state index in [0.29, 0.717) is 18.2 Å². The van der Waals surface area contributed by atoms with Crippen LogP contribution >= 0.6 is 15.9 Å². The molecule has 1 aliphatic rings. The molecular weight excluding hydrogens is 309 g/mol. The van der Waals surface area contributed by atoms with Crippen LogP contribution in [0.3, 0.4) is 0 Å². The molecule has 0 unspecified atom stereocenters. The molecule has 1 aromatic heterocycles. The first-order valence-electron chi connectivity index (χ1n) is 6.81. The minimum atomic E-state index is -0.292. The minimum absolute atomic E-state index is 0.292. The predicted octanol–water partition coefficient (Wildman–Crippen LogP) is 4.54. The Hall–Kier alpha value is -0.870. The van der Waals surface area contributed by atoms with Gasteiger partial charge in [-0.3, -0.25) is 0 Å². The SMILES string of the molecule is CCCc1c(CNC2CC2)oc2c(F)cc(Br)cc12. The van der Waals surface area contributed by atoms with E-state index in [0.717, 1.165) is 34.0 Å². The van der Waals surface area contributed by atoms with Crippen molar-refractivity contribution in [2.45, 2.75) is 45.2 Å². The van der Waals surface area contributed by atoms with Crippen molar-refractivity contribution in [1.29, 1.82) is 0 Å². The highest BCUT2D eigenvalue weighted by Crippen LogP contribution is 2.32. The van der Waals surface area contributed by atoms with E-state index in [1.165, 1.54) is 18.9 Å². The maximum atomic E-state index is 13.9. The average molecular weight is 326 g/mol. The lowest BCUT2D eigenvalue weighted by atomic mass is 10.1. The molecule has 0 radical (unpaired) electrons. The van der Waals surface area contributed by atoms with Crippen LogP contribution in [0.2, 0.25) is 0 Å². The summed E-state index contributed by atoms with van der Waals surface area (Å²) in [6.45, 7) is 2.83. The highest BCUT2D eigenvalue weighted by Gasteiger charge is 2.23. The smallest absolute Gasteiger partial charge is 0.170 e. The van der Waals surface area contributed by atoms with Crippen LogP contribution in [0.25, 0.3) is 11.0 Å². The van der Waals surface area contributed by atoms with Crippen molar-refractivity contribution in [2.24, 2.45) is 0 Å². The molecule has 19 heavy (non-hydrogen) atoms. The third kappa shape index (κ3) is 2.70. The molecule has 0 spiro atoms. The zero-order valence-corrected chi connectivity index (χ0v) is 12.5. The lowest BCUT2D eigenvalue weighted by Gasteiger charge is -2.03. The van der Waals surface area contributed by atoms with Crippen molar-refractivity contribution < 1.29 is 8.81 Å². The molecule has 1 heterocycles. The van der Waals surface area contributed by atoms with E-state index in [1.54, 1.807) is 0 Å². The van der Waals surface area contributed by atoms with Gasteiger partial charge in [-0.2, -0.15) is 0 Å². The molecule has 0 aliphatic heterocycles. The number of aryl methyl sites for hydroxylation is 1. The summed E-state index contributed by atoms with van der Waals surface area (Å²) in [6, 6.07) is 4.03. The second-order valence-corrected chi connectivity index (χ2v) is 6.09. The summed E-state index contributed by atoms with van der Waals surface area (Å²) >= 11 is 3.35. The number of halogens is 2. The molecule has 0 amide bonds. The van der Waals surface area contributed by atoms with Gasteiger partial charge in [0.25, 0.3) is 0 Å². The largest absolute Gasteiger partial charge is 0.456 e. The molecule has 102 valence electrons. The fourth-order valence-corrected chi connectivity index (χ4v) is 2.84. The van der Waals surface area contributed by atoms with Gasteiger partial charge in [-0.15, -0.1) is 0 Å². The van der Waals surface area contributed by atoms with Crippen LogP contribution in [0.1, 0.15) is 37.5 Å². The molecule has 0 saturated heterocycles. The number of benzene rings is 1. The van der Waals surface area contributed by atoms with E-state index < -0.39 is 0 Å². The van der Waals surface area contributed by atoms with E-state index in [-0.39, 0.29) is 5.82 Å². The van der Waals surface area contributed by atoms with Gasteiger partial charge < -0.3 is 9.73 Å². The van der Waals surface area contributed by atoms with Crippen LogP contribution in [-0.4, -0.2) is 6.04 Å². The number of hydrogen-bond acceptors (Lipinski definition) is 2. The Morgan fingerprint density at radius 2 is 2.21 bits per heavy atom. The molecule has 1 N–H and O–H groups in total. The Bertz CT molecular complexity index is 604. The predicted molar refractivity (Wildman–Crippen MR) is 77.7 cm³/mol. The van der Waals surface area contributed by atoms with E-state index >= 15 is 0 Å². The van der Waals surface area contributed by atoms with Crippen LogP contribution in [0.4, 0.5) is 4.39 Å². The number of nitrogens with one attached hydrogen (secondary N) is 1. The van der Waals surface area contributed by atoms with Gasteiger partial charge in [-0.1, -0.05) is 29.3 Å². The lowest BCUT2D eigenvalue weighted by Crippen LogP contribution is -2.15. The number of hydrogen-bond donors (Lipinski definition) is 1. The zero-order valence-electron chi connectivity index (χ0n) is 10.9. The van der Waals surface area contributed by atoms with Crippen LogP contribution in [0.15, 0.2) is 21.0 Å². The molecule has 1 aliphatic carbocycles. The van der Waals surface area contributed by atoms with Gasteiger partial charge in [0, 0.05) is 21.5 Å². The Balaban J connectivity index is 2.03. The van der Waals surface area contributed by atoms with Crippen molar-refractivity contribution >= 4 is 26.9 Å². The number of furan rings is 1. The van der Waals surface area contributed by atoms with E-state index in [4.69, 9.17) is 4.42 Å². The summed E-state index contributed by atoms with van der Waals surface area (Å²) in [7, 11) is 0. The van der Waals surface area contributed by atoms with Gasteiger partial charge in [0.2, 0.25) is 0 Å². The second kappa shape index (κ2) is 5.25. The van der Waals surface area contributed by atoms with Crippen LogP contribution in [0, 0.1) is 5.82 Å². The Kier molecular flexibility index (Phi) is 3.63. The number of fused-ring (bicyclic) bond motifs is 1. The van der Waals surface area contributed by atoms with Crippen molar-refractivity contribution in [1.82, 2.24) is 5.32 Å². The van der Waals surface area contributed by atoms with Crippen LogP contribution in [0.5, 0.6) is 0 Å². The summed E-state index contributed by atoms with van der Waals surface area (Å²) in [5.41, 5.74) is 1.53. The monoisotopic (exact) mass is 325 g/mol. The minimum Gasteiger partial charge on any atom is -0.456 e. The highest BCUT2D eigenvalue weighted by atomic mass is 79.9. The molecule has 0 bridgehead atoms. The third-order valence-electron chi connectivity index (χ3n) is 3.52. The standard InChI is InChI=1S/C15H17BrFNO/c1-2-3-11-12-6-9(16)7-13(17)15(12)19-14(11)8-18-10-4-5-10/h6-7,10,18H,2-5,8H2,1H3. The molecule has 1 fully saturated rings. The van der Waals surface area contributed by atoms with Gasteiger partial charge in [-0.25, -0.2) is 4.39 Å². The summed E-state index contributed by atoms with van der Waals surface area (Å²) in [4.78, 5) is 0. The van der Waals surface area contributed by atoms with E-state index in [1.807, 2.05) is 6.07 Å². The summed E-state index contributed by atoms with van der Waals surface area (Å²) in [5, 5.41) is 4.34. The molecule has 4 heteroatoms. The Labute approximate surface area is 120 Å². The fourth-order valence-electron chi connectivity index (χ4n) is 2.41. The summed E-state index contributed by atoms with van der Waals surface area (Å²) in [5.74, 6) is 0.597. The van der Waals surface area contributed by atoms with Crippen molar-refractivity contribution in [3.05, 3.63) is 33.7 Å². The van der Waals surface area contributed by atoms with Gasteiger partial charge in [0.05, 0.1) is 6.54 Å². The van der Waals surface area contributed by atoms with Crippen molar-refractivity contribution in [2.75, 3.05) is 0 Å². The van der Waals surface area contributed by atoms with Crippen LogP contribution < -0.4 is 5.32 Å². The molecule has 2 aromatic rings. The van der Waals surface area contributed by atoms with Crippen molar-refractivity contribution in [3.8, 4) is 0 Å². The molecule has 1 saturated carbocycles. The molecule has 3 rings (SSSR count). The van der Waals surface area contributed by atoms with E-state index in [2.05, 4.69) is 28.2 Å². The maximum absolute atomic E-state index is 13.9. The first-order chi connectivity index (χ1) is 9.19.